The number of hydrogen-bond acceptors (Lipinski definition) is 5. The zero-order valence-electron chi connectivity index (χ0n) is 13.0. The lowest BCUT2D eigenvalue weighted by atomic mass is 10.1. The van der Waals surface area contributed by atoms with E-state index in [-0.39, 0.29) is 18.8 Å². The number of benzene rings is 1. The van der Waals surface area contributed by atoms with Gasteiger partial charge in [-0.1, -0.05) is 12.1 Å². The third-order valence-corrected chi connectivity index (χ3v) is 3.09. The van der Waals surface area contributed by atoms with Crippen LogP contribution in [0.1, 0.15) is 12.5 Å². The molecule has 0 atom stereocenters. The van der Waals surface area contributed by atoms with Gasteiger partial charge in [-0.2, -0.15) is 5.26 Å². The summed E-state index contributed by atoms with van der Waals surface area (Å²) < 4.78 is 0. The van der Waals surface area contributed by atoms with E-state index in [2.05, 4.69) is 0 Å². The number of hydrogen-bond donors (Lipinski definition) is 2. The van der Waals surface area contributed by atoms with Gasteiger partial charge < -0.3 is 10.2 Å². The number of rotatable bonds is 6. The van der Waals surface area contributed by atoms with Crippen molar-refractivity contribution in [2.24, 2.45) is 0 Å². The maximum absolute atomic E-state index is 12.3. The third kappa shape index (κ3) is 5.46. The number of carbonyl (C=O) groups excluding carboxylic acids is 2. The number of carboxylic acid groups (broad SMARTS) is 1. The van der Waals surface area contributed by atoms with E-state index < -0.39 is 17.9 Å². The van der Waals surface area contributed by atoms with Crippen LogP contribution in [0.4, 0.5) is 4.79 Å². The molecule has 1 aromatic carbocycles. The van der Waals surface area contributed by atoms with Crippen LogP contribution in [-0.2, 0) is 16.0 Å². The number of phenolic OH excluding ortho intramolecular Hbond substituents is 1. The highest BCUT2D eigenvalue weighted by Gasteiger charge is 2.24. The van der Waals surface area contributed by atoms with Crippen LogP contribution in [0, 0.1) is 11.5 Å². The van der Waals surface area contributed by atoms with Crippen LogP contribution < -0.4 is 0 Å². The largest absolute Gasteiger partial charge is 0.508 e. The molecule has 0 aliphatic heterocycles. The number of aliphatic carboxylic acids is 1. The predicted octanol–water partition coefficient (Wildman–Crippen LogP) is 1.33. The van der Waals surface area contributed by atoms with Gasteiger partial charge in [0.25, 0.3) is 5.91 Å². The van der Waals surface area contributed by atoms with Gasteiger partial charge in [0.1, 0.15) is 5.75 Å². The van der Waals surface area contributed by atoms with Crippen molar-refractivity contribution in [3.8, 4) is 11.9 Å². The number of carboxylic acids is 1. The first-order chi connectivity index (χ1) is 11.4. The van der Waals surface area contributed by atoms with E-state index >= 15 is 0 Å². The monoisotopic (exact) mass is 331 g/mol. The summed E-state index contributed by atoms with van der Waals surface area (Å²) in [5.74, 6) is -2.05. The Morgan fingerprint density at radius 1 is 1.21 bits per heavy atom. The summed E-state index contributed by atoms with van der Waals surface area (Å²) in [5.41, 5.74) is 0.764. The molecule has 0 fully saturated rings. The quantitative estimate of drug-likeness (QED) is 0.460. The average molecular weight is 331 g/mol. The number of aromatic hydroxyl groups is 1. The molecule has 126 valence electrons. The molecule has 0 saturated heterocycles. The van der Waals surface area contributed by atoms with E-state index in [0.29, 0.717) is 12.5 Å². The second-order valence-electron chi connectivity index (χ2n) is 4.70. The van der Waals surface area contributed by atoms with Crippen molar-refractivity contribution < 1.29 is 24.6 Å². The number of phenols is 1. The Balaban J connectivity index is 2.93. The second kappa shape index (κ2) is 8.95. The molecule has 0 aromatic heterocycles. The van der Waals surface area contributed by atoms with Crippen LogP contribution >= 0.6 is 0 Å². The van der Waals surface area contributed by atoms with Gasteiger partial charge >= 0.3 is 12.0 Å². The van der Waals surface area contributed by atoms with Gasteiger partial charge in [-0.3, -0.25) is 9.69 Å². The fraction of sp³-hybridized carbons (Fsp3) is 0.250. The summed E-state index contributed by atoms with van der Waals surface area (Å²) in [5, 5.41) is 26.8. The van der Waals surface area contributed by atoms with Crippen molar-refractivity contribution >= 4 is 17.9 Å². The molecule has 0 aliphatic carbocycles. The highest BCUT2D eigenvalue weighted by molar-refractivity contribution is 6.02. The maximum Gasteiger partial charge on any atom is 0.340 e. The first kappa shape index (κ1) is 18.7. The first-order valence-electron chi connectivity index (χ1n) is 7.10. The van der Waals surface area contributed by atoms with Crippen molar-refractivity contribution in [3.05, 3.63) is 42.0 Å². The highest BCUT2D eigenvalue weighted by atomic mass is 16.4. The molecular formula is C16H17N3O5. The SMILES string of the molecule is CCN(C#N)C(=O)N(CCc1ccc(O)cc1)C(=O)/C=C/C(=O)O. The molecule has 2 N–H and O–H groups in total. The Hall–Kier alpha value is -3.34. The fourth-order valence-corrected chi connectivity index (χ4v) is 1.83. The minimum absolute atomic E-state index is 0.0371. The molecule has 0 heterocycles. The number of nitriles is 1. The van der Waals surface area contributed by atoms with Gasteiger partial charge in [-0.15, -0.1) is 0 Å². The van der Waals surface area contributed by atoms with Gasteiger partial charge in [0.05, 0.1) is 0 Å². The van der Waals surface area contributed by atoms with Crippen LogP contribution in [0.25, 0.3) is 0 Å². The van der Waals surface area contributed by atoms with E-state index in [9.17, 15) is 19.5 Å². The Kier molecular flexibility index (Phi) is 6.97. The summed E-state index contributed by atoms with van der Waals surface area (Å²) >= 11 is 0. The summed E-state index contributed by atoms with van der Waals surface area (Å²) in [6, 6.07) is 5.40. The number of urea groups is 1. The summed E-state index contributed by atoms with van der Waals surface area (Å²) in [4.78, 5) is 36.5. The van der Waals surface area contributed by atoms with Gasteiger partial charge in [0.15, 0.2) is 6.19 Å². The van der Waals surface area contributed by atoms with Crippen LogP contribution in [0.2, 0.25) is 0 Å². The van der Waals surface area contributed by atoms with Crippen LogP contribution in [0.3, 0.4) is 0 Å². The molecule has 8 heteroatoms. The van der Waals surface area contributed by atoms with Crippen LogP contribution in [0.15, 0.2) is 36.4 Å². The molecule has 0 spiro atoms. The van der Waals surface area contributed by atoms with Crippen molar-refractivity contribution in [3.63, 3.8) is 0 Å². The number of nitrogens with zero attached hydrogens (tertiary/aromatic N) is 3. The van der Waals surface area contributed by atoms with Crippen molar-refractivity contribution in [1.29, 1.82) is 5.26 Å². The summed E-state index contributed by atoms with van der Waals surface area (Å²) in [7, 11) is 0. The normalized spacial score (nSPS) is 10.2. The Labute approximate surface area is 138 Å². The van der Waals surface area contributed by atoms with Gasteiger partial charge in [0, 0.05) is 25.2 Å². The third-order valence-electron chi connectivity index (χ3n) is 3.09. The standard InChI is InChI=1S/C16H17N3O5/c1-2-18(11-17)16(24)19(14(21)7-8-15(22)23)10-9-12-3-5-13(20)6-4-12/h3-8,20H,2,9-10H2,1H3,(H,22,23)/b8-7+. The zero-order valence-corrected chi connectivity index (χ0v) is 13.0. The van der Waals surface area contributed by atoms with Crippen molar-refractivity contribution in [1.82, 2.24) is 9.80 Å². The Bertz CT molecular complexity index is 676. The minimum Gasteiger partial charge on any atom is -0.508 e. The smallest absolute Gasteiger partial charge is 0.340 e. The minimum atomic E-state index is -1.32. The lowest BCUT2D eigenvalue weighted by molar-refractivity contribution is -0.132. The molecule has 3 amide bonds. The summed E-state index contributed by atoms with van der Waals surface area (Å²) in [6.07, 6.45) is 3.36. The summed E-state index contributed by atoms with van der Waals surface area (Å²) in [6.45, 7) is 1.63. The average Bonchev–Trinajstić information content (AvgIpc) is 2.56. The topological polar surface area (TPSA) is 122 Å². The zero-order chi connectivity index (χ0) is 18.1. The fourth-order valence-electron chi connectivity index (χ4n) is 1.83. The molecule has 0 saturated carbocycles. The number of amides is 3. The van der Waals surface area contributed by atoms with Crippen molar-refractivity contribution in [2.45, 2.75) is 13.3 Å². The van der Waals surface area contributed by atoms with E-state index in [0.717, 1.165) is 21.4 Å². The van der Waals surface area contributed by atoms with Gasteiger partial charge in [0.2, 0.25) is 0 Å². The first-order valence-corrected chi connectivity index (χ1v) is 7.10. The van der Waals surface area contributed by atoms with Crippen LogP contribution in [-0.4, -0.2) is 51.0 Å². The molecule has 0 bridgehead atoms. The lowest BCUT2D eigenvalue weighted by Gasteiger charge is -2.23. The van der Waals surface area contributed by atoms with Crippen LogP contribution in [0.5, 0.6) is 5.75 Å². The lowest BCUT2D eigenvalue weighted by Crippen LogP contribution is -2.44. The van der Waals surface area contributed by atoms with Gasteiger partial charge in [-0.05, 0) is 31.0 Å². The molecule has 0 radical (unpaired) electrons. The molecule has 0 aliphatic rings. The highest BCUT2D eigenvalue weighted by Crippen LogP contribution is 2.11. The number of carbonyl (C=O) groups is 3. The second-order valence-corrected chi connectivity index (χ2v) is 4.70. The number of imide groups is 1. The molecule has 0 unspecified atom stereocenters. The predicted molar refractivity (Wildman–Crippen MR) is 83.7 cm³/mol. The van der Waals surface area contributed by atoms with E-state index in [4.69, 9.17) is 10.4 Å². The maximum atomic E-state index is 12.3. The van der Waals surface area contributed by atoms with E-state index in [1.807, 2.05) is 0 Å². The van der Waals surface area contributed by atoms with Gasteiger partial charge in [-0.25, -0.2) is 14.5 Å². The van der Waals surface area contributed by atoms with Crippen molar-refractivity contribution in [2.75, 3.05) is 13.1 Å². The molecular weight excluding hydrogens is 314 g/mol. The van der Waals surface area contributed by atoms with E-state index in [1.54, 1.807) is 25.2 Å². The molecule has 8 nitrogen and oxygen atoms in total. The van der Waals surface area contributed by atoms with E-state index in [1.165, 1.54) is 12.1 Å². The molecule has 24 heavy (non-hydrogen) atoms. The Morgan fingerprint density at radius 3 is 2.33 bits per heavy atom. The Morgan fingerprint density at radius 2 is 1.83 bits per heavy atom. The molecule has 1 rings (SSSR count). The molecule has 1 aromatic rings.